The van der Waals surface area contributed by atoms with Gasteiger partial charge in [-0.15, -0.1) is 0 Å². The summed E-state index contributed by atoms with van der Waals surface area (Å²) >= 11 is 7.92. The van der Waals surface area contributed by atoms with E-state index in [-0.39, 0.29) is 12.2 Å². The molecule has 1 saturated heterocycles. The molecule has 3 rings (SSSR count). The van der Waals surface area contributed by atoms with Gasteiger partial charge >= 0.3 is 0 Å². The van der Waals surface area contributed by atoms with E-state index in [0.717, 1.165) is 63.1 Å². The highest BCUT2D eigenvalue weighted by atomic mass is 35.5. The molecule has 1 aromatic carbocycles. The predicted molar refractivity (Wildman–Crippen MR) is 128 cm³/mol. The molecule has 1 heterocycles. The van der Waals surface area contributed by atoms with Crippen LogP contribution in [0.15, 0.2) is 40.7 Å². The quantitative estimate of drug-likeness (QED) is 0.167. The third kappa shape index (κ3) is 7.24. The highest BCUT2D eigenvalue weighted by molar-refractivity contribution is 7.97. The van der Waals surface area contributed by atoms with Gasteiger partial charge in [0.15, 0.2) is 12.0 Å². The summed E-state index contributed by atoms with van der Waals surface area (Å²) in [6.45, 7) is 6.81. The van der Waals surface area contributed by atoms with E-state index in [1.54, 1.807) is 19.4 Å². The molecule has 1 saturated carbocycles. The topological polar surface area (TPSA) is 54.4 Å². The fourth-order valence-electron chi connectivity index (χ4n) is 3.85. The van der Waals surface area contributed by atoms with Crippen molar-refractivity contribution in [3.8, 4) is 0 Å². The van der Waals surface area contributed by atoms with Gasteiger partial charge in [-0.2, -0.15) is 0 Å². The molecule has 0 atom stereocenters. The van der Waals surface area contributed by atoms with Crippen LogP contribution in [0.4, 0.5) is 5.69 Å². The summed E-state index contributed by atoms with van der Waals surface area (Å²) in [5.74, 6) is 0.350. The Morgan fingerprint density at radius 2 is 1.97 bits per heavy atom. The SMILES string of the molecule is COC1CCC(O/C(C=O)=C(/C=Nc2cccc(Cl)c2)N2CCN(SC(C)C)C2)CC1. The first kappa shape index (κ1) is 24.1. The monoisotopic (exact) mass is 465 g/mol. The number of hydrogen-bond acceptors (Lipinski definition) is 7. The van der Waals surface area contributed by atoms with Crippen molar-refractivity contribution < 1.29 is 14.3 Å². The molecule has 0 radical (unpaired) electrons. The molecule has 1 aliphatic heterocycles. The minimum absolute atomic E-state index is 0.0184. The molecule has 0 amide bonds. The summed E-state index contributed by atoms with van der Waals surface area (Å²) in [5, 5.41) is 1.13. The van der Waals surface area contributed by atoms with E-state index in [9.17, 15) is 4.79 Å². The van der Waals surface area contributed by atoms with Crippen LogP contribution in [0.1, 0.15) is 39.5 Å². The lowest BCUT2D eigenvalue weighted by Gasteiger charge is -2.29. The third-order valence-electron chi connectivity index (χ3n) is 5.40. The van der Waals surface area contributed by atoms with Crippen molar-refractivity contribution in [3.63, 3.8) is 0 Å². The lowest BCUT2D eigenvalue weighted by molar-refractivity contribution is -0.109. The number of hydrogen-bond donors (Lipinski definition) is 0. The highest BCUT2D eigenvalue weighted by Gasteiger charge is 2.28. The standard InChI is InChI=1S/C23H32ClN3O3S/c1-17(2)31-27-12-11-26(16-27)22(14-25-19-6-4-5-18(24)13-19)23(15-28)30-21-9-7-20(29-3)8-10-21/h4-6,13-15,17,20-21H,7-12,16H2,1-3H3/b23-22-,25-14?. The lowest BCUT2D eigenvalue weighted by atomic mass is 9.95. The van der Waals surface area contributed by atoms with E-state index in [0.29, 0.717) is 16.0 Å². The van der Waals surface area contributed by atoms with Gasteiger partial charge in [0, 0.05) is 30.5 Å². The van der Waals surface area contributed by atoms with Crippen LogP contribution in [-0.2, 0) is 14.3 Å². The predicted octanol–water partition coefficient (Wildman–Crippen LogP) is 5.06. The molecule has 170 valence electrons. The zero-order chi connectivity index (χ0) is 22.2. The maximum atomic E-state index is 12.1. The number of aldehydes is 1. The summed E-state index contributed by atoms with van der Waals surface area (Å²) in [4.78, 5) is 18.8. The Labute approximate surface area is 194 Å². The lowest BCUT2D eigenvalue weighted by Crippen LogP contribution is -2.29. The van der Waals surface area contributed by atoms with Gasteiger partial charge in [-0.25, -0.2) is 4.31 Å². The molecule has 0 unspecified atom stereocenters. The molecule has 1 aromatic rings. The summed E-state index contributed by atoms with van der Waals surface area (Å²) in [6.07, 6.45) is 6.51. The molecule has 0 bridgehead atoms. The summed E-state index contributed by atoms with van der Waals surface area (Å²) in [6, 6.07) is 7.36. The first-order valence-corrected chi connectivity index (χ1v) is 12.0. The summed E-state index contributed by atoms with van der Waals surface area (Å²) < 4.78 is 14.0. The molecule has 0 N–H and O–H groups in total. The van der Waals surface area contributed by atoms with Crippen molar-refractivity contribution in [1.29, 1.82) is 0 Å². The van der Waals surface area contributed by atoms with Gasteiger partial charge in [-0.05, 0) is 43.9 Å². The van der Waals surface area contributed by atoms with Gasteiger partial charge in [0.05, 0.1) is 30.8 Å². The van der Waals surface area contributed by atoms with Crippen molar-refractivity contribution in [2.24, 2.45) is 4.99 Å². The average molecular weight is 466 g/mol. The zero-order valence-electron chi connectivity index (χ0n) is 18.5. The fraction of sp³-hybridized carbons (Fsp3) is 0.565. The number of halogens is 1. The second kappa shape index (κ2) is 11.9. The normalized spacial score (nSPS) is 23.5. The van der Waals surface area contributed by atoms with Crippen molar-refractivity contribution in [1.82, 2.24) is 9.21 Å². The van der Waals surface area contributed by atoms with Crippen molar-refractivity contribution in [2.45, 2.75) is 57.0 Å². The van der Waals surface area contributed by atoms with Crippen molar-refractivity contribution in [2.75, 3.05) is 26.9 Å². The van der Waals surface area contributed by atoms with Crippen LogP contribution in [0, 0.1) is 0 Å². The maximum Gasteiger partial charge on any atom is 0.186 e. The number of allylic oxidation sites excluding steroid dienone is 2. The van der Waals surface area contributed by atoms with Crippen molar-refractivity contribution in [3.05, 3.63) is 40.7 Å². The Morgan fingerprint density at radius 3 is 2.61 bits per heavy atom. The van der Waals surface area contributed by atoms with Crippen LogP contribution < -0.4 is 0 Å². The zero-order valence-corrected chi connectivity index (χ0v) is 20.1. The van der Waals surface area contributed by atoms with Crippen molar-refractivity contribution >= 4 is 41.7 Å². The molecule has 0 spiro atoms. The number of methoxy groups -OCH3 is 1. The number of ether oxygens (including phenoxy) is 2. The van der Waals surface area contributed by atoms with Gasteiger partial charge in [0.1, 0.15) is 5.70 Å². The third-order valence-corrected chi connectivity index (χ3v) is 6.65. The van der Waals surface area contributed by atoms with E-state index < -0.39 is 0 Å². The molecular weight excluding hydrogens is 434 g/mol. The second-order valence-electron chi connectivity index (χ2n) is 8.12. The fourth-order valence-corrected chi connectivity index (χ4v) is 5.03. The molecule has 1 aliphatic carbocycles. The maximum absolute atomic E-state index is 12.1. The van der Waals surface area contributed by atoms with Gasteiger partial charge < -0.3 is 14.4 Å². The molecule has 0 aromatic heterocycles. The van der Waals surface area contributed by atoms with E-state index in [2.05, 4.69) is 28.0 Å². The number of nitrogens with zero attached hydrogens (tertiary/aromatic N) is 3. The number of aliphatic imine (C=N–C) groups is 1. The largest absolute Gasteiger partial charge is 0.485 e. The average Bonchev–Trinajstić information content (AvgIpc) is 3.21. The van der Waals surface area contributed by atoms with Crippen LogP contribution in [-0.4, -0.2) is 66.0 Å². The van der Waals surface area contributed by atoms with Gasteiger partial charge in [0.25, 0.3) is 0 Å². The van der Waals surface area contributed by atoms with Crippen LogP contribution >= 0.6 is 23.5 Å². The van der Waals surface area contributed by atoms with Crippen LogP contribution in [0.2, 0.25) is 5.02 Å². The molecule has 2 fully saturated rings. The Bertz CT molecular complexity index is 794. The molecule has 2 aliphatic rings. The Balaban J connectivity index is 1.81. The molecular formula is C23H32ClN3O3S. The number of benzene rings is 1. The number of rotatable bonds is 9. The Hall–Kier alpha value is -1.54. The molecule has 6 nitrogen and oxygen atoms in total. The van der Waals surface area contributed by atoms with E-state index in [1.807, 2.05) is 30.1 Å². The molecule has 31 heavy (non-hydrogen) atoms. The summed E-state index contributed by atoms with van der Waals surface area (Å²) in [5.41, 5.74) is 1.46. The van der Waals surface area contributed by atoms with E-state index >= 15 is 0 Å². The first-order valence-electron chi connectivity index (χ1n) is 10.8. The van der Waals surface area contributed by atoms with Gasteiger partial charge in [-0.1, -0.05) is 43.5 Å². The second-order valence-corrected chi connectivity index (χ2v) is 10.2. The van der Waals surface area contributed by atoms with Crippen LogP contribution in [0.3, 0.4) is 0 Å². The Morgan fingerprint density at radius 1 is 1.23 bits per heavy atom. The number of carbonyl (C=O) groups excluding carboxylic acids is 1. The van der Waals surface area contributed by atoms with Gasteiger partial charge in [0.2, 0.25) is 0 Å². The number of carbonyl (C=O) groups is 1. The van der Waals surface area contributed by atoms with E-state index in [4.69, 9.17) is 21.1 Å². The van der Waals surface area contributed by atoms with Gasteiger partial charge in [-0.3, -0.25) is 9.79 Å². The minimum Gasteiger partial charge on any atom is -0.485 e. The van der Waals surface area contributed by atoms with Crippen LogP contribution in [0.25, 0.3) is 0 Å². The smallest absolute Gasteiger partial charge is 0.186 e. The molecule has 8 heteroatoms. The summed E-state index contributed by atoms with van der Waals surface area (Å²) in [7, 11) is 1.75. The minimum atomic E-state index is 0.0184. The first-order chi connectivity index (χ1) is 15.0. The van der Waals surface area contributed by atoms with Crippen LogP contribution in [0.5, 0.6) is 0 Å². The Kier molecular flexibility index (Phi) is 9.26. The highest BCUT2D eigenvalue weighted by Crippen LogP contribution is 2.28. The van der Waals surface area contributed by atoms with E-state index in [1.165, 1.54) is 0 Å².